The number of hydrogen-bond acceptors (Lipinski definition) is 4. The van der Waals surface area contributed by atoms with Crippen LogP contribution in [0.25, 0.3) is 0 Å². The maximum absolute atomic E-state index is 13.5. The van der Waals surface area contributed by atoms with E-state index in [2.05, 4.69) is 10.6 Å². The molecular formula is C29H38ClN3O4. The Balaban J connectivity index is 1.65. The molecule has 3 N–H and O–H groups in total. The molecule has 37 heavy (non-hydrogen) atoms. The van der Waals surface area contributed by atoms with Gasteiger partial charge in [0.05, 0.1) is 5.60 Å². The summed E-state index contributed by atoms with van der Waals surface area (Å²) in [7, 11) is 0. The number of amides is 3. The summed E-state index contributed by atoms with van der Waals surface area (Å²) in [4.78, 5) is 40.0. The van der Waals surface area contributed by atoms with Crippen LogP contribution in [0.4, 0.5) is 4.79 Å². The third kappa shape index (κ3) is 6.51. The van der Waals surface area contributed by atoms with Crippen molar-refractivity contribution in [3.8, 4) is 0 Å². The number of aliphatic hydroxyl groups is 1. The molecule has 3 rings (SSSR count). The lowest BCUT2D eigenvalue weighted by molar-refractivity contribution is -0.155. The molecule has 2 aromatic carbocycles. The molecule has 1 aliphatic heterocycles. The van der Waals surface area contributed by atoms with Crippen molar-refractivity contribution in [1.29, 1.82) is 0 Å². The number of carbonyl (C=O) groups is 3. The number of ketones is 1. The number of nitrogens with zero attached hydrogens (tertiary/aromatic N) is 1. The summed E-state index contributed by atoms with van der Waals surface area (Å²) in [5.74, 6) is -0.264. The van der Waals surface area contributed by atoms with Crippen molar-refractivity contribution in [3.63, 3.8) is 0 Å². The van der Waals surface area contributed by atoms with Gasteiger partial charge in [-0.2, -0.15) is 0 Å². The van der Waals surface area contributed by atoms with Crippen molar-refractivity contribution in [2.45, 2.75) is 65.6 Å². The molecule has 0 bridgehead atoms. The van der Waals surface area contributed by atoms with E-state index in [1.54, 1.807) is 35.2 Å². The highest BCUT2D eigenvalue weighted by atomic mass is 35.5. The predicted octanol–water partition coefficient (Wildman–Crippen LogP) is 4.90. The van der Waals surface area contributed by atoms with E-state index in [1.807, 2.05) is 52.8 Å². The van der Waals surface area contributed by atoms with Crippen LogP contribution >= 0.6 is 11.6 Å². The van der Waals surface area contributed by atoms with Gasteiger partial charge in [0.2, 0.25) is 5.91 Å². The molecule has 1 heterocycles. The highest BCUT2D eigenvalue weighted by molar-refractivity contribution is 6.30. The van der Waals surface area contributed by atoms with Crippen LogP contribution < -0.4 is 10.6 Å². The van der Waals surface area contributed by atoms with Crippen molar-refractivity contribution < 1.29 is 19.5 Å². The number of piperidine rings is 1. The van der Waals surface area contributed by atoms with Crippen LogP contribution in [0.3, 0.4) is 0 Å². The van der Waals surface area contributed by atoms with Gasteiger partial charge in [-0.25, -0.2) is 4.79 Å². The zero-order valence-electron chi connectivity index (χ0n) is 22.3. The zero-order valence-corrected chi connectivity index (χ0v) is 23.1. The van der Waals surface area contributed by atoms with Crippen LogP contribution in [0.2, 0.25) is 5.02 Å². The van der Waals surface area contributed by atoms with Crippen LogP contribution in [0, 0.1) is 11.3 Å². The molecule has 2 atom stereocenters. The lowest BCUT2D eigenvalue weighted by atomic mass is 9.66. The van der Waals surface area contributed by atoms with Crippen molar-refractivity contribution in [1.82, 2.24) is 15.5 Å². The monoisotopic (exact) mass is 527 g/mol. The van der Waals surface area contributed by atoms with Crippen LogP contribution in [0.1, 0.15) is 68.9 Å². The van der Waals surface area contributed by atoms with Crippen molar-refractivity contribution in [3.05, 3.63) is 70.2 Å². The number of hydrogen-bond donors (Lipinski definition) is 3. The minimum atomic E-state index is -1.11. The Hall–Kier alpha value is -2.90. The Morgan fingerprint density at radius 1 is 1.11 bits per heavy atom. The second kappa shape index (κ2) is 11.7. The maximum atomic E-state index is 13.5. The molecule has 0 radical (unpaired) electrons. The van der Waals surface area contributed by atoms with E-state index in [1.165, 1.54) is 0 Å². The average Bonchev–Trinajstić information content (AvgIpc) is 2.87. The molecule has 7 nitrogen and oxygen atoms in total. The summed E-state index contributed by atoms with van der Waals surface area (Å²) in [5.41, 5.74) is 0.459. The van der Waals surface area contributed by atoms with Gasteiger partial charge in [0, 0.05) is 42.1 Å². The standard InChI is InChI=1S/C29H38ClN3O4/c1-6-24(34)21-9-7-8-20(16-21)17-31-27(36)32-25(19(2)3)26(35)33-15-14-29(37,28(4,5)18-33)22-10-12-23(30)13-11-22/h7-13,16,19,25,37H,6,14-15,17-18H2,1-5H3,(H2,31,32,36)/t25-,29+/m1/s1. The van der Waals surface area contributed by atoms with Gasteiger partial charge in [0.25, 0.3) is 0 Å². The lowest BCUT2D eigenvalue weighted by Gasteiger charge is -2.51. The molecule has 0 aromatic heterocycles. The van der Waals surface area contributed by atoms with Crippen LogP contribution in [-0.4, -0.2) is 46.9 Å². The fourth-order valence-corrected chi connectivity index (χ4v) is 5.04. The Kier molecular flexibility index (Phi) is 9.03. The van der Waals surface area contributed by atoms with Gasteiger partial charge in [-0.3, -0.25) is 9.59 Å². The van der Waals surface area contributed by atoms with Crippen molar-refractivity contribution in [2.75, 3.05) is 13.1 Å². The van der Waals surface area contributed by atoms with Gasteiger partial charge in [-0.15, -0.1) is 0 Å². The highest BCUT2D eigenvalue weighted by Crippen LogP contribution is 2.46. The zero-order chi connectivity index (χ0) is 27.4. The SMILES string of the molecule is CCC(=O)c1cccc(CNC(=O)N[C@@H](C(=O)N2CC[C@](O)(c3ccc(Cl)cc3)C(C)(C)C2)C(C)C)c1. The second-order valence-electron chi connectivity index (χ2n) is 10.8. The summed E-state index contributed by atoms with van der Waals surface area (Å²) in [6.07, 6.45) is 0.789. The first-order valence-corrected chi connectivity index (χ1v) is 13.2. The maximum Gasteiger partial charge on any atom is 0.315 e. The summed E-state index contributed by atoms with van der Waals surface area (Å²) >= 11 is 6.03. The minimum absolute atomic E-state index is 0.0455. The van der Waals surface area contributed by atoms with E-state index >= 15 is 0 Å². The van der Waals surface area contributed by atoms with E-state index in [4.69, 9.17) is 11.6 Å². The highest BCUT2D eigenvalue weighted by Gasteiger charge is 2.50. The third-order valence-corrected chi connectivity index (χ3v) is 7.58. The van der Waals surface area contributed by atoms with E-state index in [9.17, 15) is 19.5 Å². The fraction of sp³-hybridized carbons (Fsp3) is 0.483. The van der Waals surface area contributed by atoms with Gasteiger partial charge in [0.1, 0.15) is 6.04 Å². The smallest absolute Gasteiger partial charge is 0.315 e. The second-order valence-corrected chi connectivity index (χ2v) is 11.2. The normalized spacial score (nSPS) is 19.8. The molecule has 3 amide bonds. The largest absolute Gasteiger partial charge is 0.384 e. The number of nitrogens with one attached hydrogen (secondary N) is 2. The average molecular weight is 528 g/mol. The van der Waals surface area contributed by atoms with E-state index in [-0.39, 0.29) is 24.2 Å². The fourth-order valence-electron chi connectivity index (χ4n) is 4.91. The number of benzene rings is 2. The number of rotatable bonds is 8. The van der Waals surface area contributed by atoms with Crippen LogP contribution in [0.15, 0.2) is 48.5 Å². The van der Waals surface area contributed by atoms with Gasteiger partial charge >= 0.3 is 6.03 Å². The van der Waals surface area contributed by atoms with Crippen LogP contribution in [-0.2, 0) is 16.9 Å². The quantitative estimate of drug-likeness (QED) is 0.425. The first kappa shape index (κ1) is 28.7. The molecule has 8 heteroatoms. The molecule has 0 saturated carbocycles. The first-order chi connectivity index (χ1) is 17.4. The number of urea groups is 1. The number of Topliss-reactive ketones (excluding diaryl/α,β-unsaturated/α-hetero) is 1. The first-order valence-electron chi connectivity index (χ1n) is 12.8. The Labute approximate surface area is 224 Å². The Morgan fingerprint density at radius 2 is 1.78 bits per heavy atom. The molecule has 0 unspecified atom stereocenters. The topological polar surface area (TPSA) is 98.7 Å². The van der Waals surface area contributed by atoms with E-state index in [0.29, 0.717) is 36.5 Å². The van der Waals surface area contributed by atoms with Crippen LogP contribution in [0.5, 0.6) is 0 Å². The summed E-state index contributed by atoms with van der Waals surface area (Å²) in [6.45, 7) is 10.4. The molecule has 1 aliphatic rings. The lowest BCUT2D eigenvalue weighted by Crippen LogP contribution is -2.61. The Morgan fingerprint density at radius 3 is 2.38 bits per heavy atom. The molecule has 1 saturated heterocycles. The minimum Gasteiger partial charge on any atom is -0.384 e. The van der Waals surface area contributed by atoms with E-state index in [0.717, 1.165) is 11.1 Å². The van der Waals surface area contributed by atoms with Crippen molar-refractivity contribution >= 4 is 29.3 Å². The number of halogens is 1. The van der Waals surface area contributed by atoms with Gasteiger partial charge in [0.15, 0.2) is 5.78 Å². The van der Waals surface area contributed by atoms with Gasteiger partial charge in [-0.05, 0) is 41.7 Å². The number of carbonyl (C=O) groups excluding carboxylic acids is 3. The summed E-state index contributed by atoms with van der Waals surface area (Å²) in [6, 6.07) is 13.2. The molecule has 1 fully saturated rings. The molecule has 0 spiro atoms. The summed E-state index contributed by atoms with van der Waals surface area (Å²) < 4.78 is 0. The predicted molar refractivity (Wildman–Crippen MR) is 145 cm³/mol. The molecular weight excluding hydrogens is 490 g/mol. The third-order valence-electron chi connectivity index (χ3n) is 7.33. The molecule has 0 aliphatic carbocycles. The van der Waals surface area contributed by atoms with Gasteiger partial charge < -0.3 is 20.6 Å². The summed E-state index contributed by atoms with van der Waals surface area (Å²) in [5, 5.41) is 17.9. The van der Waals surface area contributed by atoms with Crippen molar-refractivity contribution in [2.24, 2.45) is 11.3 Å². The number of likely N-dealkylation sites (tertiary alicyclic amines) is 1. The molecule has 2 aromatic rings. The van der Waals surface area contributed by atoms with Gasteiger partial charge in [-0.1, -0.05) is 76.6 Å². The molecule has 200 valence electrons. The Bertz CT molecular complexity index is 1130. The van der Waals surface area contributed by atoms with E-state index < -0.39 is 23.1 Å².